The van der Waals surface area contributed by atoms with Gasteiger partial charge >= 0.3 is 5.69 Å². The molecule has 1 aromatic carbocycles. The van der Waals surface area contributed by atoms with Crippen LogP contribution < -0.4 is 21.9 Å². The lowest BCUT2D eigenvalue weighted by Crippen LogP contribution is -2.40. The fourth-order valence-electron chi connectivity index (χ4n) is 3.22. The van der Waals surface area contributed by atoms with Crippen LogP contribution in [0, 0.1) is 0 Å². The molecule has 0 saturated carbocycles. The van der Waals surface area contributed by atoms with Crippen molar-refractivity contribution in [3.05, 3.63) is 109 Å². The van der Waals surface area contributed by atoms with E-state index in [1.54, 1.807) is 18.2 Å². The number of rotatable bonds is 7. The van der Waals surface area contributed by atoms with Gasteiger partial charge in [0.15, 0.2) is 5.69 Å². The van der Waals surface area contributed by atoms with E-state index in [4.69, 9.17) is 10.2 Å². The number of furan rings is 1. The van der Waals surface area contributed by atoms with Gasteiger partial charge in [-0.05, 0) is 35.2 Å². The van der Waals surface area contributed by atoms with Crippen molar-refractivity contribution < 1.29 is 9.21 Å². The summed E-state index contributed by atoms with van der Waals surface area (Å²) < 4.78 is 6.61. The lowest BCUT2D eigenvalue weighted by Gasteiger charge is -2.22. The summed E-state index contributed by atoms with van der Waals surface area (Å²) in [5.41, 5.74) is 5.59. The number of anilines is 2. The van der Waals surface area contributed by atoms with E-state index >= 15 is 0 Å². The van der Waals surface area contributed by atoms with Crippen molar-refractivity contribution >= 4 is 34.8 Å². The second-order valence-corrected chi connectivity index (χ2v) is 7.90. The third-order valence-electron chi connectivity index (χ3n) is 4.76. The number of aromatic amines is 1. The van der Waals surface area contributed by atoms with Gasteiger partial charge in [-0.3, -0.25) is 24.0 Å². The Morgan fingerprint density at radius 1 is 1.12 bits per heavy atom. The Hall–Kier alpha value is -4.11. The van der Waals surface area contributed by atoms with Gasteiger partial charge in [0.05, 0.1) is 19.4 Å². The number of carbonyl (C=O) groups excluding carboxylic acids is 1. The maximum atomic E-state index is 13.1. The summed E-state index contributed by atoms with van der Waals surface area (Å²) in [5, 5.41) is 1.90. The van der Waals surface area contributed by atoms with E-state index < -0.39 is 17.2 Å². The molecule has 32 heavy (non-hydrogen) atoms. The van der Waals surface area contributed by atoms with E-state index in [1.807, 2.05) is 47.8 Å². The van der Waals surface area contributed by atoms with Crippen molar-refractivity contribution in [2.24, 2.45) is 0 Å². The lowest BCUT2D eigenvalue weighted by atomic mass is 10.2. The molecule has 0 unspecified atom stereocenters. The van der Waals surface area contributed by atoms with Crippen molar-refractivity contribution in [2.75, 3.05) is 10.6 Å². The van der Waals surface area contributed by atoms with Crippen molar-refractivity contribution in [3.63, 3.8) is 0 Å². The molecular formula is C23H20N4O4S. The third kappa shape index (κ3) is 4.62. The number of nitrogen functional groups attached to an aromatic ring is 1. The third-order valence-corrected chi connectivity index (χ3v) is 5.60. The molecule has 0 spiro atoms. The topological polar surface area (TPSA) is 114 Å². The van der Waals surface area contributed by atoms with Gasteiger partial charge in [0.1, 0.15) is 11.6 Å². The van der Waals surface area contributed by atoms with Crippen LogP contribution in [0.15, 0.2) is 86.3 Å². The number of H-pyrrole nitrogens is 1. The smallest absolute Gasteiger partial charge is 0.330 e. The molecule has 0 atom stereocenters. The van der Waals surface area contributed by atoms with E-state index in [-0.39, 0.29) is 24.6 Å². The van der Waals surface area contributed by atoms with Gasteiger partial charge in [-0.1, -0.05) is 36.4 Å². The molecule has 0 aliphatic carbocycles. The highest BCUT2D eigenvalue weighted by Crippen LogP contribution is 2.21. The number of nitrogens with zero attached hydrogens (tertiary/aromatic N) is 2. The fourth-order valence-corrected chi connectivity index (χ4v) is 3.83. The standard InChI is InChI=1S/C23H20N4O4S/c24-21-20(22(29)25-23(30)27(21)14-16-6-2-1-3-7-16)26(15-17-8-4-12-31-17)19(28)11-10-18-9-5-13-32-18/h1-13H,14-15,24H2,(H,25,29,30)/b11-10+. The Morgan fingerprint density at radius 3 is 2.62 bits per heavy atom. The summed E-state index contributed by atoms with van der Waals surface area (Å²) in [7, 11) is 0. The number of nitrogens with one attached hydrogen (secondary N) is 1. The zero-order valence-electron chi connectivity index (χ0n) is 16.9. The summed E-state index contributed by atoms with van der Waals surface area (Å²) in [6, 6.07) is 16.3. The molecule has 0 aliphatic heterocycles. The molecule has 3 heterocycles. The Balaban J connectivity index is 1.77. The minimum atomic E-state index is -0.749. The summed E-state index contributed by atoms with van der Waals surface area (Å²) in [4.78, 5) is 42.8. The predicted octanol–water partition coefficient (Wildman–Crippen LogP) is 3.07. The predicted molar refractivity (Wildman–Crippen MR) is 125 cm³/mol. The van der Waals surface area contributed by atoms with Crippen LogP contribution >= 0.6 is 11.3 Å². The van der Waals surface area contributed by atoms with Crippen molar-refractivity contribution in [2.45, 2.75) is 13.1 Å². The first kappa shape index (κ1) is 21.1. The molecule has 0 bridgehead atoms. The van der Waals surface area contributed by atoms with Crippen LogP contribution in [0.4, 0.5) is 11.5 Å². The first-order chi connectivity index (χ1) is 15.5. The maximum absolute atomic E-state index is 13.1. The highest BCUT2D eigenvalue weighted by molar-refractivity contribution is 7.10. The Morgan fingerprint density at radius 2 is 1.94 bits per heavy atom. The molecule has 3 N–H and O–H groups in total. The molecule has 162 valence electrons. The van der Waals surface area contributed by atoms with Crippen LogP contribution in [0.3, 0.4) is 0 Å². The monoisotopic (exact) mass is 448 g/mol. The largest absolute Gasteiger partial charge is 0.467 e. The molecule has 4 rings (SSSR count). The van der Waals surface area contributed by atoms with E-state index in [0.717, 1.165) is 10.4 Å². The molecular weight excluding hydrogens is 428 g/mol. The molecule has 9 heteroatoms. The van der Waals surface area contributed by atoms with E-state index in [1.165, 1.54) is 33.1 Å². The van der Waals surface area contributed by atoms with Crippen LogP contribution in [0.2, 0.25) is 0 Å². The first-order valence-electron chi connectivity index (χ1n) is 9.75. The van der Waals surface area contributed by atoms with Crippen LogP contribution in [-0.2, 0) is 17.9 Å². The van der Waals surface area contributed by atoms with Crippen LogP contribution in [-0.4, -0.2) is 15.5 Å². The normalized spacial score (nSPS) is 11.1. The number of hydrogen-bond acceptors (Lipinski definition) is 6. The minimum Gasteiger partial charge on any atom is -0.467 e. The fraction of sp³-hybridized carbons (Fsp3) is 0.0870. The number of benzene rings is 1. The van der Waals surface area contributed by atoms with E-state index in [0.29, 0.717) is 5.76 Å². The SMILES string of the molecule is Nc1c(N(Cc2ccco2)C(=O)/C=C/c2cccs2)c(=O)[nH]c(=O)n1Cc1ccccc1. The first-order valence-corrected chi connectivity index (χ1v) is 10.6. The highest BCUT2D eigenvalue weighted by atomic mass is 32.1. The minimum absolute atomic E-state index is 0.0303. The molecule has 0 aliphatic rings. The summed E-state index contributed by atoms with van der Waals surface area (Å²) in [6.07, 6.45) is 4.50. The average molecular weight is 449 g/mol. The number of nitrogens with two attached hydrogens (primary N) is 1. The zero-order valence-corrected chi connectivity index (χ0v) is 17.7. The number of hydrogen-bond donors (Lipinski definition) is 2. The number of amides is 1. The second kappa shape index (κ2) is 9.36. The number of thiophene rings is 1. The molecule has 4 aromatic rings. The van der Waals surface area contributed by atoms with Gasteiger partial charge in [0, 0.05) is 11.0 Å². The van der Waals surface area contributed by atoms with Gasteiger partial charge in [0.25, 0.3) is 11.5 Å². The second-order valence-electron chi connectivity index (χ2n) is 6.92. The molecule has 1 amide bonds. The van der Waals surface area contributed by atoms with Gasteiger partial charge in [-0.15, -0.1) is 11.3 Å². The van der Waals surface area contributed by atoms with Gasteiger partial charge in [-0.25, -0.2) is 4.79 Å². The quantitative estimate of drug-likeness (QED) is 0.422. The zero-order chi connectivity index (χ0) is 22.5. The molecule has 3 aromatic heterocycles. The Labute approximate surface area is 186 Å². The number of aromatic nitrogens is 2. The lowest BCUT2D eigenvalue weighted by molar-refractivity contribution is -0.114. The molecule has 0 radical (unpaired) electrons. The molecule has 0 saturated heterocycles. The molecule has 0 fully saturated rings. The Bertz CT molecular complexity index is 1340. The van der Waals surface area contributed by atoms with Gasteiger partial charge in [0.2, 0.25) is 0 Å². The van der Waals surface area contributed by atoms with E-state index in [2.05, 4.69) is 4.98 Å². The van der Waals surface area contributed by atoms with Crippen molar-refractivity contribution in [3.8, 4) is 0 Å². The van der Waals surface area contributed by atoms with Crippen LogP contribution in [0.5, 0.6) is 0 Å². The highest BCUT2D eigenvalue weighted by Gasteiger charge is 2.24. The van der Waals surface area contributed by atoms with Crippen LogP contribution in [0.25, 0.3) is 6.08 Å². The van der Waals surface area contributed by atoms with Crippen molar-refractivity contribution in [1.82, 2.24) is 9.55 Å². The number of carbonyl (C=O) groups is 1. The van der Waals surface area contributed by atoms with Gasteiger partial charge < -0.3 is 10.2 Å². The summed E-state index contributed by atoms with van der Waals surface area (Å²) >= 11 is 1.48. The van der Waals surface area contributed by atoms with E-state index in [9.17, 15) is 14.4 Å². The van der Waals surface area contributed by atoms with Gasteiger partial charge in [-0.2, -0.15) is 0 Å². The van der Waals surface area contributed by atoms with Crippen molar-refractivity contribution in [1.29, 1.82) is 0 Å². The molecule has 8 nitrogen and oxygen atoms in total. The Kier molecular flexibility index (Phi) is 6.18. The summed E-state index contributed by atoms with van der Waals surface area (Å²) in [6.45, 7) is 0.112. The van der Waals surface area contributed by atoms with Crippen LogP contribution in [0.1, 0.15) is 16.2 Å². The summed E-state index contributed by atoms with van der Waals surface area (Å²) in [5.74, 6) is -0.119. The maximum Gasteiger partial charge on any atom is 0.330 e. The average Bonchev–Trinajstić information content (AvgIpc) is 3.49.